The van der Waals surface area contributed by atoms with E-state index in [0.29, 0.717) is 83.6 Å². The van der Waals surface area contributed by atoms with Crippen molar-refractivity contribution in [2.45, 2.75) is 63.3 Å². The second-order valence-corrected chi connectivity index (χ2v) is 20.4. The van der Waals surface area contributed by atoms with Crippen molar-refractivity contribution in [2.75, 3.05) is 34.3 Å². The topological polar surface area (TPSA) is 202 Å². The van der Waals surface area contributed by atoms with Crippen molar-refractivity contribution in [1.82, 2.24) is 0 Å². The van der Waals surface area contributed by atoms with Crippen LogP contribution in [0.5, 0.6) is 0 Å². The molecule has 0 saturated carbocycles. The van der Waals surface area contributed by atoms with Gasteiger partial charge in [-0.3, -0.25) is 24.5 Å². The maximum Gasteiger partial charge on any atom is 0.269 e. The first-order valence-corrected chi connectivity index (χ1v) is 25.3. The lowest BCUT2D eigenvalue weighted by Gasteiger charge is -2.30. The number of anilines is 3. The molecule has 1 aliphatic carbocycles. The predicted molar refractivity (Wildman–Crippen MR) is 295 cm³/mol. The molecule has 7 aromatic rings. The molecule has 15 nitrogen and oxygen atoms in total. The number of aryl methyl sites for hydroxylation is 3. The van der Waals surface area contributed by atoms with Crippen molar-refractivity contribution < 1.29 is 34.6 Å². The average Bonchev–Trinajstić information content (AvgIpc) is 4.25. The molecule has 3 N–H and O–H groups in total. The fourth-order valence-corrected chi connectivity index (χ4v) is 11.3. The van der Waals surface area contributed by atoms with Crippen LogP contribution in [0, 0.1) is 30.9 Å². The Hall–Kier alpha value is -8.76. The summed E-state index contributed by atoms with van der Waals surface area (Å²) in [5, 5.41) is 46.3. The second kappa shape index (κ2) is 18.0. The number of non-ortho nitro benzene ring substituents is 1. The van der Waals surface area contributed by atoms with Gasteiger partial charge in [0.25, 0.3) is 5.69 Å². The quantitative estimate of drug-likeness (QED) is 0.112. The molecule has 6 aliphatic heterocycles. The summed E-state index contributed by atoms with van der Waals surface area (Å²) in [7, 11) is 0. The molecule has 15 heteroatoms. The number of ketones is 3. The first kappa shape index (κ1) is 48.2. The summed E-state index contributed by atoms with van der Waals surface area (Å²) in [6.07, 6.45) is 6.15. The first-order chi connectivity index (χ1) is 36.5. The lowest BCUT2D eigenvalue weighted by Crippen LogP contribution is -2.48. The van der Waals surface area contributed by atoms with Gasteiger partial charge in [0.15, 0.2) is 16.8 Å². The Morgan fingerprint density at radius 2 is 0.921 bits per heavy atom. The molecule has 7 aromatic carbocycles. The van der Waals surface area contributed by atoms with Gasteiger partial charge in [-0.2, -0.15) is 0 Å². The summed E-state index contributed by atoms with van der Waals surface area (Å²) in [6, 6.07) is 43.2. The molecule has 14 rings (SSSR count). The van der Waals surface area contributed by atoms with Gasteiger partial charge in [0.2, 0.25) is 17.3 Å². The van der Waals surface area contributed by atoms with Gasteiger partial charge in [0, 0.05) is 84.8 Å². The number of benzene rings is 7. The van der Waals surface area contributed by atoms with E-state index in [2.05, 4.69) is 63.5 Å². The molecule has 76 heavy (non-hydrogen) atoms. The van der Waals surface area contributed by atoms with Gasteiger partial charge in [-0.25, -0.2) is 15.0 Å². The maximum atomic E-state index is 13.0. The molecule has 378 valence electrons. The van der Waals surface area contributed by atoms with Crippen molar-refractivity contribution in [3.8, 4) is 0 Å². The van der Waals surface area contributed by atoms with Crippen LogP contribution in [-0.4, -0.2) is 91.5 Å². The third-order valence-corrected chi connectivity index (χ3v) is 15.5. The Labute approximate surface area is 437 Å². The summed E-state index contributed by atoms with van der Waals surface area (Å²) in [5.74, 6) is 0.350. The Bertz CT molecular complexity index is 3810. The van der Waals surface area contributed by atoms with Crippen molar-refractivity contribution in [3.63, 3.8) is 0 Å². The normalized spacial score (nSPS) is 22.2. The third-order valence-electron chi connectivity index (χ3n) is 15.5. The SMILES string of the molecule is Cc1ccc2c(c1)C(=O)[C@]1(O)CCN(c3ccc([N+](=O)[O-])cc3)C1=N2.Cc1ccc2c(c1)C(=O)[C@]1(O)CCN(c3ccc4c(c3)CC=C4)C1=N2.Cc1ccc2c(c1)C(=O)[C@]1(O)CCN(c3ccc4ccccc4c3)C1=N2. The number of carbonyl (C=O) groups is 3. The average molecular weight is 1010 g/mol. The van der Waals surface area contributed by atoms with Crippen LogP contribution >= 0.6 is 0 Å². The Balaban J connectivity index is 0.000000115. The molecule has 3 saturated heterocycles. The Kier molecular flexibility index (Phi) is 11.4. The highest BCUT2D eigenvalue weighted by molar-refractivity contribution is 6.30. The zero-order valence-electron chi connectivity index (χ0n) is 41.9. The van der Waals surface area contributed by atoms with Gasteiger partial charge in [-0.15, -0.1) is 0 Å². The van der Waals surface area contributed by atoms with Crippen LogP contribution in [-0.2, 0) is 6.42 Å². The summed E-state index contributed by atoms with van der Waals surface area (Å²) in [5.41, 5.74) is 6.56. The number of rotatable bonds is 4. The van der Waals surface area contributed by atoms with E-state index in [-0.39, 0.29) is 35.3 Å². The van der Waals surface area contributed by atoms with Crippen LogP contribution in [0.4, 0.5) is 39.8 Å². The lowest BCUT2D eigenvalue weighted by atomic mass is 9.87. The lowest BCUT2D eigenvalue weighted by molar-refractivity contribution is -0.384. The molecule has 0 spiro atoms. The number of nitro groups is 1. The highest BCUT2D eigenvalue weighted by Gasteiger charge is 2.55. The second-order valence-electron chi connectivity index (χ2n) is 20.4. The third kappa shape index (κ3) is 7.85. The van der Waals surface area contributed by atoms with E-state index < -0.39 is 21.7 Å². The van der Waals surface area contributed by atoms with Crippen LogP contribution in [0.2, 0.25) is 0 Å². The number of fused-ring (bicyclic) bond motifs is 8. The zero-order chi connectivity index (χ0) is 52.8. The van der Waals surface area contributed by atoms with E-state index in [1.165, 1.54) is 23.3 Å². The van der Waals surface area contributed by atoms with Gasteiger partial charge < -0.3 is 30.0 Å². The standard InChI is InChI=1S/C22H18N2O2.C21H18N2O2.C18H15N3O4/c1-14-6-9-19-18(12-14)20(25)22(26)10-11-24(21(22)23-19)17-8-7-15-4-2-3-5-16(15)13-17;1-13-5-8-18-17(11-13)19(24)21(25)9-10-23(20(21)22-18)16-7-6-14-3-2-4-15(14)12-16;1-11-2-7-15-14(10-11)16(22)18(23)8-9-20(17(18)19-15)12-3-5-13(6-4-12)21(24)25/h2-9,12-13,26H,10-11H2,1H3;2-3,5-8,11-12,25H,4,9-10H2,1H3;2-7,10,23H,8-9H2,1H3/t22-;21-;18-/m111/s1. The molecule has 0 aromatic heterocycles. The van der Waals surface area contributed by atoms with Crippen molar-refractivity contribution in [3.05, 3.63) is 200 Å². The van der Waals surface area contributed by atoms with E-state index in [1.807, 2.05) is 97.3 Å². The highest BCUT2D eigenvalue weighted by atomic mass is 16.6. The molecule has 6 heterocycles. The van der Waals surface area contributed by atoms with E-state index in [4.69, 9.17) is 0 Å². The van der Waals surface area contributed by atoms with Crippen LogP contribution in [0.15, 0.2) is 161 Å². The van der Waals surface area contributed by atoms with Gasteiger partial charge in [-0.1, -0.05) is 83.4 Å². The molecule has 3 atom stereocenters. The number of carbonyl (C=O) groups excluding carboxylic acids is 3. The number of nitrogens with zero attached hydrogens (tertiary/aromatic N) is 7. The van der Waals surface area contributed by atoms with Crippen molar-refractivity contribution in [1.29, 1.82) is 0 Å². The maximum absolute atomic E-state index is 13.0. The van der Waals surface area contributed by atoms with Crippen LogP contribution < -0.4 is 14.7 Å². The van der Waals surface area contributed by atoms with Crippen molar-refractivity contribution in [2.24, 2.45) is 15.0 Å². The number of hydrogen-bond acceptors (Lipinski definition) is 14. The number of aliphatic imine (C=N–C) groups is 3. The Morgan fingerprint density at radius 3 is 1.39 bits per heavy atom. The van der Waals surface area contributed by atoms with E-state index in [0.717, 1.165) is 45.3 Å². The highest BCUT2D eigenvalue weighted by Crippen LogP contribution is 2.44. The molecule has 3 fully saturated rings. The molecule has 0 radical (unpaired) electrons. The molecular weight excluding hydrogens is 959 g/mol. The zero-order valence-corrected chi connectivity index (χ0v) is 41.9. The molecule has 0 amide bonds. The smallest absolute Gasteiger partial charge is 0.269 e. The predicted octanol–water partition coefficient (Wildman–Crippen LogP) is 10.2. The van der Waals surface area contributed by atoms with Gasteiger partial charge in [0.05, 0.1) is 22.0 Å². The van der Waals surface area contributed by atoms with E-state index in [1.54, 1.807) is 29.2 Å². The Morgan fingerprint density at radius 1 is 0.500 bits per heavy atom. The summed E-state index contributed by atoms with van der Waals surface area (Å²) < 4.78 is 0. The minimum Gasteiger partial charge on any atom is -0.374 e. The van der Waals surface area contributed by atoms with E-state index in [9.17, 15) is 39.8 Å². The summed E-state index contributed by atoms with van der Waals surface area (Å²) >= 11 is 0. The first-order valence-electron chi connectivity index (χ1n) is 25.3. The number of Topliss-reactive ketones (excluding diaryl/α,β-unsaturated/α-hetero) is 3. The van der Waals surface area contributed by atoms with Gasteiger partial charge in [-0.05, 0) is 122 Å². The van der Waals surface area contributed by atoms with Crippen LogP contribution in [0.25, 0.3) is 16.8 Å². The fraction of sp³-hybridized carbons (Fsp3) is 0.213. The minimum atomic E-state index is -1.65. The van der Waals surface area contributed by atoms with Gasteiger partial charge >= 0.3 is 0 Å². The van der Waals surface area contributed by atoms with Gasteiger partial charge in [0.1, 0.15) is 17.5 Å². The molecule has 7 aliphatic rings. The molecule has 0 bridgehead atoms. The molecular formula is C61H51N7O8. The van der Waals surface area contributed by atoms with Crippen LogP contribution in [0.3, 0.4) is 0 Å². The van der Waals surface area contributed by atoms with Crippen molar-refractivity contribution >= 4 is 91.5 Å². The minimum absolute atomic E-state index is 0.0133. The number of aliphatic hydroxyl groups is 3. The number of allylic oxidation sites excluding steroid dienone is 1. The van der Waals surface area contributed by atoms with E-state index >= 15 is 0 Å². The fourth-order valence-electron chi connectivity index (χ4n) is 11.3. The number of hydrogen-bond donors (Lipinski definition) is 3. The summed E-state index contributed by atoms with van der Waals surface area (Å²) in [4.78, 5) is 68.7. The largest absolute Gasteiger partial charge is 0.374 e. The molecule has 0 unspecified atom stereocenters. The summed E-state index contributed by atoms with van der Waals surface area (Å²) in [6.45, 7) is 7.32. The van der Waals surface area contributed by atoms with Crippen LogP contribution in [0.1, 0.15) is 78.2 Å². The number of nitro benzene ring substituents is 1. The number of amidine groups is 3. The monoisotopic (exact) mass is 1010 g/mol.